The molecule has 1 aromatic heterocycles. The van der Waals surface area contributed by atoms with E-state index in [1.54, 1.807) is 19.1 Å². The molecule has 0 fully saturated rings. The van der Waals surface area contributed by atoms with Crippen LogP contribution in [0.1, 0.15) is 34.2 Å². The van der Waals surface area contributed by atoms with E-state index in [9.17, 15) is 4.79 Å². The lowest BCUT2D eigenvalue weighted by atomic mass is 10.1. The van der Waals surface area contributed by atoms with Gasteiger partial charge >= 0.3 is 0 Å². The number of aromatic nitrogens is 2. The molecule has 0 aliphatic rings. The quantitative estimate of drug-likeness (QED) is 0.503. The zero-order chi connectivity index (χ0) is 19.4. The van der Waals surface area contributed by atoms with Gasteiger partial charge in [-0.1, -0.05) is 12.1 Å². The molecule has 0 aliphatic heterocycles. The van der Waals surface area contributed by atoms with Gasteiger partial charge in [-0.3, -0.25) is 9.48 Å². The number of hydrogen-bond acceptors (Lipinski definition) is 3. The minimum atomic E-state index is 0.0432. The first-order valence-electron chi connectivity index (χ1n) is 8.70. The summed E-state index contributed by atoms with van der Waals surface area (Å²) >= 11 is 5.39. The monoisotopic (exact) mass is 378 g/mol. The average Bonchev–Trinajstić information content (AvgIpc) is 2.92. The molecule has 0 aliphatic carbocycles. The molecule has 1 heterocycles. The fourth-order valence-electron chi connectivity index (χ4n) is 2.84. The molecular formula is C21H22N4OS. The second-order valence-corrected chi connectivity index (χ2v) is 6.91. The van der Waals surface area contributed by atoms with Crippen molar-refractivity contribution in [3.8, 4) is 0 Å². The lowest BCUT2D eigenvalue weighted by Crippen LogP contribution is -2.19. The van der Waals surface area contributed by atoms with Gasteiger partial charge in [-0.25, -0.2) is 0 Å². The molecule has 0 atom stereocenters. The minimum Gasteiger partial charge on any atom is -0.332 e. The number of Topliss-reactive ketones (excluding diaryl/α,β-unsaturated/α-hetero) is 1. The number of anilines is 2. The molecule has 2 aromatic carbocycles. The maximum absolute atomic E-state index is 11.3. The molecule has 0 spiro atoms. The average molecular weight is 379 g/mol. The molecule has 0 saturated heterocycles. The first-order chi connectivity index (χ1) is 12.9. The largest absolute Gasteiger partial charge is 0.332 e. The molecule has 0 bridgehead atoms. The Bertz CT molecular complexity index is 976. The number of benzene rings is 2. The summed E-state index contributed by atoms with van der Waals surface area (Å²) in [4.78, 5) is 11.3. The summed E-state index contributed by atoms with van der Waals surface area (Å²) in [5, 5.41) is 11.3. The van der Waals surface area contributed by atoms with Gasteiger partial charge in [0.05, 0.1) is 12.2 Å². The van der Waals surface area contributed by atoms with Crippen LogP contribution in [0.2, 0.25) is 0 Å². The van der Waals surface area contributed by atoms with E-state index in [2.05, 4.69) is 40.9 Å². The van der Waals surface area contributed by atoms with Crippen LogP contribution in [0.5, 0.6) is 0 Å². The van der Waals surface area contributed by atoms with Crippen LogP contribution in [0, 0.1) is 13.8 Å². The molecule has 3 rings (SSSR count). The number of carbonyl (C=O) groups excluding carboxylic acids is 1. The Labute approximate surface area is 164 Å². The molecular weight excluding hydrogens is 356 g/mol. The lowest BCUT2D eigenvalue weighted by molar-refractivity contribution is 0.101. The molecule has 27 heavy (non-hydrogen) atoms. The number of hydrogen-bond donors (Lipinski definition) is 2. The van der Waals surface area contributed by atoms with E-state index >= 15 is 0 Å². The van der Waals surface area contributed by atoms with E-state index in [0.29, 0.717) is 17.2 Å². The second kappa shape index (κ2) is 8.14. The maximum Gasteiger partial charge on any atom is 0.175 e. The molecule has 0 radical (unpaired) electrons. The summed E-state index contributed by atoms with van der Waals surface area (Å²) in [6, 6.07) is 17.4. The SMILES string of the molecule is CC(=O)c1ccc(NC(=S)Nc2cccc(Cn3nc(C)cc3C)c2)cc1. The second-order valence-electron chi connectivity index (χ2n) is 6.50. The predicted octanol–water partition coefficient (Wildman–Crippen LogP) is 4.56. The van der Waals surface area contributed by atoms with Crippen molar-refractivity contribution in [1.29, 1.82) is 0 Å². The van der Waals surface area contributed by atoms with Gasteiger partial charge in [0.2, 0.25) is 0 Å². The highest BCUT2D eigenvalue weighted by molar-refractivity contribution is 7.80. The van der Waals surface area contributed by atoms with Gasteiger partial charge in [0, 0.05) is 22.6 Å². The van der Waals surface area contributed by atoms with Crippen LogP contribution >= 0.6 is 12.2 Å². The highest BCUT2D eigenvalue weighted by atomic mass is 32.1. The molecule has 138 valence electrons. The third kappa shape index (κ3) is 5.01. The number of nitrogens with zero attached hydrogens (tertiary/aromatic N) is 2. The van der Waals surface area contributed by atoms with E-state index in [1.165, 1.54) is 0 Å². The van der Waals surface area contributed by atoms with E-state index in [-0.39, 0.29) is 5.78 Å². The Morgan fingerprint density at radius 1 is 1.04 bits per heavy atom. The first kappa shape index (κ1) is 18.8. The summed E-state index contributed by atoms with van der Waals surface area (Å²) in [7, 11) is 0. The Morgan fingerprint density at radius 2 is 1.74 bits per heavy atom. The van der Waals surface area contributed by atoms with Crippen LogP contribution in [0.25, 0.3) is 0 Å². The molecule has 5 nitrogen and oxygen atoms in total. The summed E-state index contributed by atoms with van der Waals surface area (Å²) in [5.74, 6) is 0.0432. The number of ketones is 1. The van der Waals surface area contributed by atoms with Crippen molar-refractivity contribution in [2.45, 2.75) is 27.3 Å². The van der Waals surface area contributed by atoms with Crippen LogP contribution < -0.4 is 10.6 Å². The topological polar surface area (TPSA) is 59.0 Å². The van der Waals surface area contributed by atoms with Gasteiger partial charge in [0.25, 0.3) is 0 Å². The predicted molar refractivity (Wildman–Crippen MR) is 114 cm³/mol. The summed E-state index contributed by atoms with van der Waals surface area (Å²) in [6.07, 6.45) is 0. The summed E-state index contributed by atoms with van der Waals surface area (Å²) < 4.78 is 1.99. The van der Waals surface area contributed by atoms with Gasteiger partial charge in [0.15, 0.2) is 10.9 Å². The van der Waals surface area contributed by atoms with Gasteiger partial charge in [0.1, 0.15) is 0 Å². The van der Waals surface area contributed by atoms with Crippen molar-refractivity contribution < 1.29 is 4.79 Å². The fourth-order valence-corrected chi connectivity index (χ4v) is 3.07. The van der Waals surface area contributed by atoms with Gasteiger partial charge < -0.3 is 10.6 Å². The number of carbonyl (C=O) groups is 1. The normalized spacial score (nSPS) is 10.5. The van der Waals surface area contributed by atoms with Gasteiger partial charge in [-0.2, -0.15) is 5.10 Å². The highest BCUT2D eigenvalue weighted by Gasteiger charge is 2.05. The van der Waals surface area contributed by atoms with Crippen LogP contribution in [-0.4, -0.2) is 20.7 Å². The molecule has 0 saturated carbocycles. The van der Waals surface area contributed by atoms with Crippen molar-refractivity contribution >= 4 is 34.5 Å². The maximum atomic E-state index is 11.3. The van der Waals surface area contributed by atoms with Crippen molar-refractivity contribution in [2.24, 2.45) is 0 Å². The van der Waals surface area contributed by atoms with E-state index in [0.717, 1.165) is 28.3 Å². The summed E-state index contributed by atoms with van der Waals surface area (Å²) in [6.45, 7) is 6.31. The molecule has 0 unspecified atom stereocenters. The fraction of sp³-hybridized carbons (Fsp3) is 0.190. The zero-order valence-electron chi connectivity index (χ0n) is 15.6. The lowest BCUT2D eigenvalue weighted by Gasteiger charge is -2.12. The Hall–Kier alpha value is -2.99. The van der Waals surface area contributed by atoms with E-state index in [1.807, 2.05) is 35.9 Å². The van der Waals surface area contributed by atoms with Gasteiger partial charge in [-0.15, -0.1) is 0 Å². The number of thiocarbonyl (C=S) groups is 1. The van der Waals surface area contributed by atoms with Crippen molar-refractivity contribution in [1.82, 2.24) is 9.78 Å². The van der Waals surface area contributed by atoms with E-state index < -0.39 is 0 Å². The smallest absolute Gasteiger partial charge is 0.175 e. The molecule has 0 amide bonds. The van der Waals surface area contributed by atoms with Gasteiger partial charge in [-0.05, 0) is 81.0 Å². The Kier molecular flexibility index (Phi) is 5.66. The Balaban J connectivity index is 1.64. The third-order valence-corrected chi connectivity index (χ3v) is 4.37. The van der Waals surface area contributed by atoms with E-state index in [4.69, 9.17) is 12.2 Å². The molecule has 2 N–H and O–H groups in total. The van der Waals surface area contributed by atoms with Crippen LogP contribution in [-0.2, 0) is 6.54 Å². The number of nitrogens with one attached hydrogen (secondary N) is 2. The standard InChI is InChI=1S/C21H22N4OS/c1-14-11-15(2)25(24-14)13-17-5-4-6-20(12-17)23-21(27)22-19-9-7-18(8-10-19)16(3)26/h4-12H,13H2,1-3H3,(H2,22,23,27). The number of rotatable bonds is 5. The first-order valence-corrected chi connectivity index (χ1v) is 9.10. The van der Waals surface area contributed by atoms with Crippen LogP contribution in [0.3, 0.4) is 0 Å². The minimum absolute atomic E-state index is 0.0432. The third-order valence-electron chi connectivity index (χ3n) is 4.17. The Morgan fingerprint density at radius 3 is 2.37 bits per heavy atom. The zero-order valence-corrected chi connectivity index (χ0v) is 16.4. The molecule has 3 aromatic rings. The van der Waals surface area contributed by atoms with Crippen LogP contribution in [0.4, 0.5) is 11.4 Å². The molecule has 6 heteroatoms. The highest BCUT2D eigenvalue weighted by Crippen LogP contribution is 2.15. The van der Waals surface area contributed by atoms with Crippen LogP contribution in [0.15, 0.2) is 54.6 Å². The van der Waals surface area contributed by atoms with Crippen molar-refractivity contribution in [2.75, 3.05) is 10.6 Å². The summed E-state index contributed by atoms with van der Waals surface area (Å²) in [5.41, 5.74) is 5.71. The number of aryl methyl sites for hydroxylation is 2. The van der Waals surface area contributed by atoms with Crippen molar-refractivity contribution in [3.63, 3.8) is 0 Å². The van der Waals surface area contributed by atoms with Crippen molar-refractivity contribution in [3.05, 3.63) is 77.1 Å².